The molecule has 0 amide bonds. The molecule has 0 spiro atoms. The highest BCUT2D eigenvalue weighted by Gasteiger charge is 2.16. The van der Waals surface area contributed by atoms with Crippen LogP contribution >= 0.6 is 0 Å². The van der Waals surface area contributed by atoms with Crippen molar-refractivity contribution in [3.63, 3.8) is 0 Å². The van der Waals surface area contributed by atoms with Gasteiger partial charge in [-0.15, -0.1) is 0 Å². The number of hydrogen-bond donors (Lipinski definition) is 3. The van der Waals surface area contributed by atoms with E-state index >= 15 is 0 Å². The van der Waals surface area contributed by atoms with E-state index in [1.807, 2.05) is 0 Å². The van der Waals surface area contributed by atoms with Gasteiger partial charge in [0, 0.05) is 12.3 Å². The fourth-order valence-electron chi connectivity index (χ4n) is 1.80. The molecule has 0 saturated heterocycles. The second-order valence-corrected chi connectivity index (χ2v) is 5.96. The van der Waals surface area contributed by atoms with Crippen molar-refractivity contribution in [2.75, 3.05) is 17.1 Å². The second kappa shape index (κ2) is 5.94. The lowest BCUT2D eigenvalue weighted by Gasteiger charge is -2.10. The summed E-state index contributed by atoms with van der Waals surface area (Å²) in [6.07, 6.45) is 0.540. The maximum absolute atomic E-state index is 12.2. The van der Waals surface area contributed by atoms with Crippen molar-refractivity contribution >= 4 is 21.4 Å². The Labute approximate surface area is 118 Å². The van der Waals surface area contributed by atoms with Crippen LogP contribution in [-0.4, -0.2) is 20.1 Å². The zero-order valence-corrected chi connectivity index (χ0v) is 11.6. The zero-order valence-electron chi connectivity index (χ0n) is 10.8. The molecular weight excluding hydrogens is 276 g/mol. The average molecular weight is 292 g/mol. The van der Waals surface area contributed by atoms with Crippen LogP contribution in [0.25, 0.3) is 0 Å². The van der Waals surface area contributed by atoms with E-state index in [0.29, 0.717) is 12.1 Å². The minimum Gasteiger partial charge on any atom is -0.398 e. The van der Waals surface area contributed by atoms with Crippen molar-refractivity contribution in [1.29, 1.82) is 0 Å². The van der Waals surface area contributed by atoms with Gasteiger partial charge < -0.3 is 10.8 Å². The molecule has 0 unspecified atom stereocenters. The standard InChI is InChI=1S/C14H16N2O3S/c15-13-3-1-2-4-14(13)20(18,19)16-12-7-5-11(6-8-12)9-10-17/h1-8,16-17H,9-10,15H2. The fraction of sp³-hybridized carbons (Fsp3) is 0.143. The van der Waals surface area contributed by atoms with Gasteiger partial charge in [0.05, 0.1) is 5.69 Å². The number of nitrogens with two attached hydrogens (primary N) is 1. The highest BCUT2D eigenvalue weighted by atomic mass is 32.2. The lowest BCUT2D eigenvalue weighted by atomic mass is 10.1. The lowest BCUT2D eigenvalue weighted by Crippen LogP contribution is -2.14. The molecule has 0 bridgehead atoms. The number of benzene rings is 2. The summed E-state index contributed by atoms with van der Waals surface area (Å²) in [5.74, 6) is 0. The van der Waals surface area contributed by atoms with Crippen LogP contribution in [0.15, 0.2) is 53.4 Å². The largest absolute Gasteiger partial charge is 0.398 e. The summed E-state index contributed by atoms with van der Waals surface area (Å²) >= 11 is 0. The number of rotatable bonds is 5. The molecule has 0 heterocycles. The molecule has 0 aliphatic heterocycles. The Morgan fingerprint density at radius 2 is 1.70 bits per heavy atom. The summed E-state index contributed by atoms with van der Waals surface area (Å²) in [5, 5.41) is 8.83. The van der Waals surface area contributed by atoms with Gasteiger partial charge in [-0.1, -0.05) is 24.3 Å². The summed E-state index contributed by atoms with van der Waals surface area (Å²) in [6, 6.07) is 13.1. The third-order valence-electron chi connectivity index (χ3n) is 2.82. The minimum atomic E-state index is -3.69. The first-order valence-corrected chi connectivity index (χ1v) is 7.58. The summed E-state index contributed by atoms with van der Waals surface area (Å²) in [5.41, 5.74) is 7.28. The van der Waals surface area contributed by atoms with Gasteiger partial charge in [-0.05, 0) is 36.2 Å². The third kappa shape index (κ3) is 3.28. The number of hydrogen-bond acceptors (Lipinski definition) is 4. The molecule has 2 aromatic rings. The van der Waals surface area contributed by atoms with Crippen LogP contribution in [0, 0.1) is 0 Å². The van der Waals surface area contributed by atoms with Gasteiger partial charge in [-0.2, -0.15) is 0 Å². The van der Waals surface area contributed by atoms with E-state index in [9.17, 15) is 8.42 Å². The van der Waals surface area contributed by atoms with Crippen LogP contribution in [-0.2, 0) is 16.4 Å². The maximum atomic E-state index is 12.2. The average Bonchev–Trinajstić information content (AvgIpc) is 2.41. The SMILES string of the molecule is Nc1ccccc1S(=O)(=O)Nc1ccc(CCO)cc1. The molecule has 20 heavy (non-hydrogen) atoms. The smallest absolute Gasteiger partial charge is 0.263 e. The van der Waals surface area contributed by atoms with Gasteiger partial charge in [0.1, 0.15) is 4.90 Å². The predicted octanol–water partition coefficient (Wildman–Crippen LogP) is 1.60. The predicted molar refractivity (Wildman–Crippen MR) is 78.9 cm³/mol. The Morgan fingerprint density at radius 1 is 1.05 bits per heavy atom. The van der Waals surface area contributed by atoms with Crippen molar-refractivity contribution < 1.29 is 13.5 Å². The first kappa shape index (κ1) is 14.4. The van der Waals surface area contributed by atoms with Crippen LogP contribution in [0.5, 0.6) is 0 Å². The topological polar surface area (TPSA) is 92.4 Å². The lowest BCUT2D eigenvalue weighted by molar-refractivity contribution is 0.299. The van der Waals surface area contributed by atoms with Crippen LogP contribution in [0.4, 0.5) is 11.4 Å². The molecular formula is C14H16N2O3S. The molecule has 4 N–H and O–H groups in total. The van der Waals surface area contributed by atoms with Crippen LogP contribution < -0.4 is 10.5 Å². The number of anilines is 2. The Kier molecular flexibility index (Phi) is 4.26. The molecule has 0 aliphatic carbocycles. The van der Waals surface area contributed by atoms with Crippen molar-refractivity contribution in [3.05, 3.63) is 54.1 Å². The number of nitrogen functional groups attached to an aromatic ring is 1. The van der Waals surface area contributed by atoms with E-state index < -0.39 is 10.0 Å². The monoisotopic (exact) mass is 292 g/mol. The van der Waals surface area contributed by atoms with Crippen LogP contribution in [0.3, 0.4) is 0 Å². The van der Waals surface area contributed by atoms with Gasteiger partial charge in [0.25, 0.3) is 10.0 Å². The maximum Gasteiger partial charge on any atom is 0.263 e. The highest BCUT2D eigenvalue weighted by molar-refractivity contribution is 7.92. The van der Waals surface area contributed by atoms with Crippen molar-refractivity contribution in [1.82, 2.24) is 0 Å². The molecule has 0 saturated carbocycles. The Bertz CT molecular complexity index is 682. The Morgan fingerprint density at radius 3 is 2.30 bits per heavy atom. The summed E-state index contributed by atoms with van der Waals surface area (Å²) in [4.78, 5) is 0.0550. The molecule has 2 aromatic carbocycles. The minimum absolute atomic E-state index is 0.0550. The third-order valence-corrected chi connectivity index (χ3v) is 4.27. The van der Waals surface area contributed by atoms with Crippen molar-refractivity contribution in [3.8, 4) is 0 Å². The van der Waals surface area contributed by atoms with Crippen LogP contribution in [0.1, 0.15) is 5.56 Å². The van der Waals surface area contributed by atoms with E-state index in [0.717, 1.165) is 5.56 Å². The number of para-hydroxylation sites is 1. The van der Waals surface area contributed by atoms with Gasteiger partial charge in [0.2, 0.25) is 0 Å². The van der Waals surface area contributed by atoms with E-state index in [1.54, 1.807) is 42.5 Å². The van der Waals surface area contributed by atoms with Gasteiger partial charge in [0.15, 0.2) is 0 Å². The van der Waals surface area contributed by atoms with Crippen molar-refractivity contribution in [2.24, 2.45) is 0 Å². The number of nitrogens with one attached hydrogen (secondary N) is 1. The van der Waals surface area contributed by atoms with E-state index in [2.05, 4.69) is 4.72 Å². The molecule has 0 radical (unpaired) electrons. The summed E-state index contributed by atoms with van der Waals surface area (Å²) in [6.45, 7) is 0.0611. The number of sulfonamides is 1. The molecule has 0 fully saturated rings. The van der Waals surface area contributed by atoms with Crippen molar-refractivity contribution in [2.45, 2.75) is 11.3 Å². The van der Waals surface area contributed by atoms with Gasteiger partial charge in [-0.25, -0.2) is 8.42 Å². The van der Waals surface area contributed by atoms with E-state index in [1.165, 1.54) is 6.07 Å². The number of aliphatic hydroxyl groups is 1. The molecule has 0 atom stereocenters. The van der Waals surface area contributed by atoms with E-state index in [-0.39, 0.29) is 17.2 Å². The molecule has 0 aliphatic rings. The second-order valence-electron chi connectivity index (χ2n) is 4.31. The van der Waals surface area contributed by atoms with Crippen LogP contribution in [0.2, 0.25) is 0 Å². The van der Waals surface area contributed by atoms with Gasteiger partial charge >= 0.3 is 0 Å². The molecule has 0 aromatic heterocycles. The Hall–Kier alpha value is -2.05. The first-order valence-electron chi connectivity index (χ1n) is 6.10. The first-order chi connectivity index (χ1) is 9.53. The van der Waals surface area contributed by atoms with Gasteiger partial charge in [-0.3, -0.25) is 4.72 Å². The normalized spacial score (nSPS) is 11.2. The molecule has 2 rings (SSSR count). The summed E-state index contributed by atoms with van der Waals surface area (Å²) in [7, 11) is -3.69. The number of aliphatic hydroxyl groups excluding tert-OH is 1. The molecule has 106 valence electrons. The molecule has 5 nitrogen and oxygen atoms in total. The quantitative estimate of drug-likeness (QED) is 0.730. The zero-order chi connectivity index (χ0) is 14.6. The Balaban J connectivity index is 2.22. The highest BCUT2D eigenvalue weighted by Crippen LogP contribution is 2.21. The summed E-state index contributed by atoms with van der Waals surface area (Å²) < 4.78 is 26.9. The van der Waals surface area contributed by atoms with E-state index in [4.69, 9.17) is 10.8 Å². The fourth-order valence-corrected chi connectivity index (χ4v) is 3.00. The molecule has 6 heteroatoms.